The highest BCUT2D eigenvalue weighted by Gasteiger charge is 2.19. The first kappa shape index (κ1) is 23.7. The summed E-state index contributed by atoms with van der Waals surface area (Å²) in [5.74, 6) is 0.777. The van der Waals surface area contributed by atoms with Crippen LogP contribution >= 0.6 is 0 Å². The normalized spacial score (nSPS) is 11.1. The van der Waals surface area contributed by atoms with E-state index >= 15 is 0 Å². The molecule has 0 bridgehead atoms. The molecule has 10 heteroatoms. The van der Waals surface area contributed by atoms with Crippen molar-refractivity contribution < 1.29 is 24.1 Å². The molecule has 0 aliphatic heterocycles. The number of pyridine rings is 1. The number of nitrogens with two attached hydrogens (primary N) is 1. The van der Waals surface area contributed by atoms with E-state index in [9.17, 15) is 14.7 Å². The van der Waals surface area contributed by atoms with E-state index in [1.165, 1.54) is 10.7 Å². The van der Waals surface area contributed by atoms with Crippen molar-refractivity contribution in [2.45, 2.75) is 13.8 Å². The molecule has 188 valence electrons. The topological polar surface area (TPSA) is 142 Å². The summed E-state index contributed by atoms with van der Waals surface area (Å²) in [5, 5.41) is 16.1. The maximum atomic E-state index is 13.0. The van der Waals surface area contributed by atoms with Crippen LogP contribution in [0.1, 0.15) is 12.5 Å². The SMILES string of the molecule is CCOC(=O)COc1ccc2c(c1)[nH]c(=O)c1c(N)n(-c3cc(O)c(Oc4ccccc4)cc3C)nc12. The number of benzene rings is 3. The molecule has 4 N–H and O–H groups in total. The minimum Gasteiger partial charge on any atom is -0.504 e. The lowest BCUT2D eigenvalue weighted by Crippen LogP contribution is -2.14. The van der Waals surface area contributed by atoms with Crippen LogP contribution in [0.2, 0.25) is 0 Å². The van der Waals surface area contributed by atoms with Gasteiger partial charge in [0.15, 0.2) is 18.1 Å². The molecule has 3 aromatic carbocycles. The number of phenolic OH excluding ortho intramolecular Hbond substituents is 1. The Morgan fingerprint density at radius 1 is 1.11 bits per heavy atom. The lowest BCUT2D eigenvalue weighted by atomic mass is 10.1. The third-order valence-corrected chi connectivity index (χ3v) is 5.78. The van der Waals surface area contributed by atoms with Crippen LogP contribution in [0.3, 0.4) is 0 Å². The number of aromatic nitrogens is 3. The number of aromatic hydroxyl groups is 1. The molecule has 2 aromatic heterocycles. The van der Waals surface area contributed by atoms with Gasteiger partial charge in [0.1, 0.15) is 28.2 Å². The number of carbonyl (C=O) groups is 1. The fourth-order valence-corrected chi connectivity index (χ4v) is 4.06. The monoisotopic (exact) mass is 500 g/mol. The predicted molar refractivity (Wildman–Crippen MR) is 139 cm³/mol. The molecule has 0 saturated carbocycles. The number of fused-ring (bicyclic) bond motifs is 3. The summed E-state index contributed by atoms with van der Waals surface area (Å²) in [7, 11) is 0. The van der Waals surface area contributed by atoms with Gasteiger partial charge >= 0.3 is 5.97 Å². The van der Waals surface area contributed by atoms with Crippen molar-refractivity contribution in [2.24, 2.45) is 0 Å². The Balaban J connectivity index is 1.54. The Hall–Kier alpha value is -4.99. The van der Waals surface area contributed by atoms with Gasteiger partial charge in [0.25, 0.3) is 5.56 Å². The average molecular weight is 501 g/mol. The molecule has 0 radical (unpaired) electrons. The number of aromatic amines is 1. The molecule has 0 atom stereocenters. The van der Waals surface area contributed by atoms with Crippen LogP contribution in [0.15, 0.2) is 65.5 Å². The van der Waals surface area contributed by atoms with E-state index in [1.54, 1.807) is 43.3 Å². The number of nitrogen functional groups attached to an aromatic ring is 1. The maximum Gasteiger partial charge on any atom is 0.344 e. The van der Waals surface area contributed by atoms with Gasteiger partial charge in [-0.15, -0.1) is 0 Å². The molecule has 10 nitrogen and oxygen atoms in total. The van der Waals surface area contributed by atoms with Crippen LogP contribution in [0.5, 0.6) is 23.0 Å². The summed E-state index contributed by atoms with van der Waals surface area (Å²) in [4.78, 5) is 27.3. The van der Waals surface area contributed by atoms with Gasteiger partial charge in [-0.25, -0.2) is 9.48 Å². The van der Waals surface area contributed by atoms with Crippen molar-refractivity contribution in [3.63, 3.8) is 0 Å². The zero-order chi connectivity index (χ0) is 26.1. The highest BCUT2D eigenvalue weighted by atomic mass is 16.6. The fraction of sp³-hybridized carbons (Fsp3) is 0.148. The van der Waals surface area contributed by atoms with Crippen LogP contribution in [0, 0.1) is 6.92 Å². The molecule has 0 fully saturated rings. The number of carbonyl (C=O) groups excluding carboxylic acids is 1. The minimum absolute atomic E-state index is 0.106. The van der Waals surface area contributed by atoms with Crippen LogP contribution in [-0.2, 0) is 9.53 Å². The summed E-state index contributed by atoms with van der Waals surface area (Å²) in [6.45, 7) is 3.55. The average Bonchev–Trinajstić information content (AvgIpc) is 3.23. The molecular weight excluding hydrogens is 476 g/mol. The van der Waals surface area contributed by atoms with Crippen LogP contribution in [0.25, 0.3) is 27.5 Å². The second-order valence-corrected chi connectivity index (χ2v) is 8.30. The Morgan fingerprint density at radius 3 is 2.65 bits per heavy atom. The predicted octanol–water partition coefficient (Wildman–Crippen LogP) is 4.20. The number of ether oxygens (including phenoxy) is 3. The second-order valence-electron chi connectivity index (χ2n) is 8.30. The van der Waals surface area contributed by atoms with Gasteiger partial charge in [-0.3, -0.25) is 4.79 Å². The number of esters is 1. The summed E-state index contributed by atoms with van der Waals surface area (Å²) < 4.78 is 17.6. The minimum atomic E-state index is -0.489. The standard InChI is InChI=1S/C27H24N4O6/c1-3-35-23(33)14-36-17-9-10-18-19(12-17)29-27(34)24-25(18)30-31(26(24)28)20-13-21(32)22(11-15(20)2)37-16-7-5-4-6-8-16/h4-13,32H,3,14,28H2,1-2H3,(H,29,34). The van der Waals surface area contributed by atoms with Crippen molar-refractivity contribution in [3.05, 3.63) is 76.6 Å². The Kier molecular flexibility index (Phi) is 6.14. The van der Waals surface area contributed by atoms with Crippen molar-refractivity contribution in [1.29, 1.82) is 0 Å². The first-order valence-corrected chi connectivity index (χ1v) is 11.5. The molecule has 5 aromatic rings. The third-order valence-electron chi connectivity index (χ3n) is 5.78. The number of hydrogen-bond acceptors (Lipinski definition) is 8. The summed E-state index contributed by atoms with van der Waals surface area (Å²) in [5.41, 5.74) is 8.01. The van der Waals surface area contributed by atoms with Crippen LogP contribution in [-0.4, -0.2) is 39.1 Å². The zero-order valence-electron chi connectivity index (χ0n) is 20.1. The van der Waals surface area contributed by atoms with E-state index in [1.807, 2.05) is 25.1 Å². The summed E-state index contributed by atoms with van der Waals surface area (Å²) in [6.07, 6.45) is 0. The zero-order valence-corrected chi connectivity index (χ0v) is 20.1. The van der Waals surface area contributed by atoms with Crippen LogP contribution in [0.4, 0.5) is 5.82 Å². The smallest absolute Gasteiger partial charge is 0.344 e. The molecule has 0 aliphatic rings. The van der Waals surface area contributed by atoms with Gasteiger partial charge in [-0.2, -0.15) is 5.10 Å². The van der Waals surface area contributed by atoms with E-state index in [0.717, 1.165) is 5.56 Å². The third kappa shape index (κ3) is 4.52. The number of H-pyrrole nitrogens is 1. The van der Waals surface area contributed by atoms with E-state index in [0.29, 0.717) is 33.6 Å². The summed E-state index contributed by atoms with van der Waals surface area (Å²) >= 11 is 0. The number of hydrogen-bond donors (Lipinski definition) is 3. The van der Waals surface area contributed by atoms with E-state index in [-0.39, 0.29) is 35.9 Å². The first-order valence-electron chi connectivity index (χ1n) is 11.5. The fourth-order valence-electron chi connectivity index (χ4n) is 4.06. The number of para-hydroxylation sites is 1. The quantitative estimate of drug-likeness (QED) is 0.282. The van der Waals surface area contributed by atoms with Gasteiger partial charge in [-0.05, 0) is 49.7 Å². The van der Waals surface area contributed by atoms with Gasteiger partial charge in [0, 0.05) is 17.5 Å². The van der Waals surface area contributed by atoms with E-state index in [2.05, 4.69) is 10.1 Å². The molecule has 0 amide bonds. The molecule has 0 unspecified atom stereocenters. The molecule has 37 heavy (non-hydrogen) atoms. The molecular formula is C27H24N4O6. The van der Waals surface area contributed by atoms with E-state index < -0.39 is 11.5 Å². The summed E-state index contributed by atoms with van der Waals surface area (Å²) in [6, 6.07) is 17.3. The molecule has 0 spiro atoms. The molecule has 2 heterocycles. The maximum absolute atomic E-state index is 13.0. The number of phenols is 1. The first-order chi connectivity index (χ1) is 17.9. The number of aryl methyl sites for hydroxylation is 1. The van der Waals surface area contributed by atoms with Crippen molar-refractivity contribution >= 4 is 33.6 Å². The Bertz CT molecular complexity index is 1690. The van der Waals surface area contributed by atoms with Gasteiger partial charge in [0.2, 0.25) is 0 Å². The van der Waals surface area contributed by atoms with Crippen LogP contribution < -0.4 is 20.8 Å². The van der Waals surface area contributed by atoms with Crippen molar-refractivity contribution in [3.8, 4) is 28.7 Å². The van der Waals surface area contributed by atoms with Crippen molar-refractivity contribution in [2.75, 3.05) is 18.9 Å². The highest BCUT2D eigenvalue weighted by molar-refractivity contribution is 6.07. The molecule has 0 aliphatic carbocycles. The molecule has 0 saturated heterocycles. The van der Waals surface area contributed by atoms with E-state index in [4.69, 9.17) is 19.9 Å². The van der Waals surface area contributed by atoms with Gasteiger partial charge < -0.3 is 30.0 Å². The Morgan fingerprint density at radius 2 is 1.89 bits per heavy atom. The number of nitrogens with zero attached hydrogens (tertiary/aromatic N) is 2. The largest absolute Gasteiger partial charge is 0.504 e. The van der Waals surface area contributed by atoms with Gasteiger partial charge in [-0.1, -0.05) is 18.2 Å². The molecule has 5 rings (SSSR count). The van der Waals surface area contributed by atoms with Crippen molar-refractivity contribution in [1.82, 2.24) is 14.8 Å². The highest BCUT2D eigenvalue weighted by Crippen LogP contribution is 2.36. The second kappa shape index (κ2) is 9.57. The number of rotatable bonds is 7. The Labute approximate surface area is 210 Å². The van der Waals surface area contributed by atoms with Gasteiger partial charge in [0.05, 0.1) is 17.8 Å². The lowest BCUT2D eigenvalue weighted by Gasteiger charge is -2.13. The number of anilines is 1. The lowest BCUT2D eigenvalue weighted by molar-refractivity contribution is -0.145. The number of nitrogens with one attached hydrogen (secondary N) is 1.